The summed E-state index contributed by atoms with van der Waals surface area (Å²) in [6.07, 6.45) is 0.654. The smallest absolute Gasteiger partial charge is 0.143 e. The van der Waals surface area contributed by atoms with Crippen LogP contribution in [-0.4, -0.2) is 27.4 Å². The van der Waals surface area contributed by atoms with Gasteiger partial charge in [0.1, 0.15) is 16.6 Å². The molecule has 1 aromatic rings. The van der Waals surface area contributed by atoms with E-state index in [1.807, 2.05) is 13.8 Å². The molecule has 0 fully saturated rings. The van der Waals surface area contributed by atoms with Crippen molar-refractivity contribution in [1.29, 1.82) is 0 Å². The van der Waals surface area contributed by atoms with E-state index in [0.717, 1.165) is 27.8 Å². The van der Waals surface area contributed by atoms with Crippen LogP contribution in [0, 0.1) is 13.8 Å². The highest BCUT2D eigenvalue weighted by atomic mass is 32.2. The van der Waals surface area contributed by atoms with Crippen LogP contribution in [0.2, 0.25) is 0 Å². The van der Waals surface area contributed by atoms with Gasteiger partial charge in [0.25, 0.3) is 0 Å². The molecule has 1 aliphatic heterocycles. The molecule has 5 nitrogen and oxygen atoms in total. The monoisotopic (exact) mass is 251 g/mol. The standard InChI is InChI=1S/C11H13N3O2S/c1-6(15)5-17-10-4-9(12-13-10)11-7(2)14-16-8(11)3/h4-5H2,1-3H3. The number of rotatable bonds is 3. The van der Waals surface area contributed by atoms with E-state index >= 15 is 0 Å². The van der Waals surface area contributed by atoms with Gasteiger partial charge in [0.2, 0.25) is 0 Å². The number of aryl methyl sites for hydroxylation is 2. The number of hydrogen-bond donors (Lipinski definition) is 0. The lowest BCUT2D eigenvalue weighted by Crippen LogP contribution is -2.05. The molecule has 1 aromatic heterocycles. The maximum absolute atomic E-state index is 10.9. The first kappa shape index (κ1) is 12.0. The molecule has 17 heavy (non-hydrogen) atoms. The predicted molar refractivity (Wildman–Crippen MR) is 67.7 cm³/mol. The molecular formula is C11H13N3O2S. The van der Waals surface area contributed by atoms with Gasteiger partial charge in [-0.15, -0.1) is 16.9 Å². The Bertz CT molecular complexity index is 497. The summed E-state index contributed by atoms with van der Waals surface area (Å²) in [5.41, 5.74) is 2.63. The Balaban J connectivity index is 2.03. The highest BCUT2D eigenvalue weighted by Gasteiger charge is 2.21. The number of Topliss-reactive ketones (excluding diaryl/α,β-unsaturated/α-hetero) is 1. The minimum Gasteiger partial charge on any atom is -0.361 e. The fraction of sp³-hybridized carbons (Fsp3) is 0.455. The van der Waals surface area contributed by atoms with Gasteiger partial charge in [-0.2, -0.15) is 5.10 Å². The number of nitrogens with zero attached hydrogens (tertiary/aromatic N) is 3. The van der Waals surface area contributed by atoms with Crippen molar-refractivity contribution in [2.75, 3.05) is 5.75 Å². The molecule has 0 saturated carbocycles. The van der Waals surface area contributed by atoms with Crippen molar-refractivity contribution in [3.8, 4) is 0 Å². The normalized spacial score (nSPS) is 14.8. The molecule has 2 rings (SSSR count). The second-order valence-electron chi connectivity index (χ2n) is 3.91. The number of ketones is 1. The molecule has 0 radical (unpaired) electrons. The number of hydrogen-bond acceptors (Lipinski definition) is 6. The molecule has 90 valence electrons. The Labute approximate surface area is 103 Å². The highest BCUT2D eigenvalue weighted by Crippen LogP contribution is 2.22. The summed E-state index contributed by atoms with van der Waals surface area (Å²) in [7, 11) is 0. The van der Waals surface area contributed by atoms with Crippen molar-refractivity contribution < 1.29 is 9.32 Å². The quantitative estimate of drug-likeness (QED) is 0.825. The van der Waals surface area contributed by atoms with Gasteiger partial charge in [0, 0.05) is 6.42 Å². The van der Waals surface area contributed by atoms with E-state index in [0.29, 0.717) is 12.2 Å². The summed E-state index contributed by atoms with van der Waals surface area (Å²) < 4.78 is 5.10. The van der Waals surface area contributed by atoms with Crippen LogP contribution in [0.4, 0.5) is 0 Å². The van der Waals surface area contributed by atoms with Gasteiger partial charge in [-0.1, -0.05) is 5.16 Å². The third-order valence-corrected chi connectivity index (χ3v) is 3.47. The molecule has 0 aromatic carbocycles. The molecule has 0 spiro atoms. The molecular weight excluding hydrogens is 238 g/mol. The zero-order valence-electron chi connectivity index (χ0n) is 9.98. The molecule has 0 N–H and O–H groups in total. The molecule has 1 aliphatic rings. The van der Waals surface area contributed by atoms with Crippen LogP contribution in [-0.2, 0) is 4.79 Å². The molecule has 6 heteroatoms. The maximum atomic E-state index is 10.9. The van der Waals surface area contributed by atoms with E-state index in [1.54, 1.807) is 6.92 Å². The zero-order valence-corrected chi connectivity index (χ0v) is 10.8. The Morgan fingerprint density at radius 2 is 2.18 bits per heavy atom. The van der Waals surface area contributed by atoms with E-state index < -0.39 is 0 Å². The first-order valence-corrected chi connectivity index (χ1v) is 6.25. The number of aromatic nitrogens is 1. The van der Waals surface area contributed by atoms with E-state index in [9.17, 15) is 4.79 Å². The molecule has 0 amide bonds. The summed E-state index contributed by atoms with van der Waals surface area (Å²) in [6, 6.07) is 0. The Hall–Kier alpha value is -1.43. The summed E-state index contributed by atoms with van der Waals surface area (Å²) in [4.78, 5) is 10.9. The number of carbonyl (C=O) groups is 1. The van der Waals surface area contributed by atoms with Crippen LogP contribution in [0.5, 0.6) is 0 Å². The average Bonchev–Trinajstić information content (AvgIpc) is 2.83. The summed E-state index contributed by atoms with van der Waals surface area (Å²) in [5.74, 6) is 1.35. The van der Waals surface area contributed by atoms with Crippen molar-refractivity contribution in [3.63, 3.8) is 0 Å². The van der Waals surface area contributed by atoms with Crippen molar-refractivity contribution in [3.05, 3.63) is 17.0 Å². The summed E-state index contributed by atoms with van der Waals surface area (Å²) in [6.45, 7) is 5.31. The largest absolute Gasteiger partial charge is 0.361 e. The van der Waals surface area contributed by atoms with Gasteiger partial charge in [-0.05, 0) is 20.8 Å². The molecule has 0 atom stereocenters. The van der Waals surface area contributed by atoms with Crippen LogP contribution in [0.25, 0.3) is 0 Å². The van der Waals surface area contributed by atoms with E-state index in [-0.39, 0.29) is 5.78 Å². The van der Waals surface area contributed by atoms with Crippen LogP contribution < -0.4 is 0 Å². The number of thioether (sulfide) groups is 1. The topological polar surface area (TPSA) is 67.8 Å². The SMILES string of the molecule is CC(=O)CSC1=NN=C(c2c(C)noc2C)C1. The second-order valence-corrected chi connectivity index (χ2v) is 4.96. The second kappa shape index (κ2) is 4.83. The molecule has 0 bridgehead atoms. The van der Waals surface area contributed by atoms with E-state index in [2.05, 4.69) is 15.4 Å². The third kappa shape index (κ3) is 2.63. The van der Waals surface area contributed by atoms with Gasteiger partial charge in [0.15, 0.2) is 0 Å². The Morgan fingerprint density at radius 3 is 2.76 bits per heavy atom. The lowest BCUT2D eigenvalue weighted by molar-refractivity contribution is -0.114. The zero-order chi connectivity index (χ0) is 12.4. The van der Waals surface area contributed by atoms with Gasteiger partial charge in [-0.3, -0.25) is 4.79 Å². The maximum Gasteiger partial charge on any atom is 0.143 e. The Kier molecular flexibility index (Phi) is 3.42. The summed E-state index contributed by atoms with van der Waals surface area (Å²) >= 11 is 1.44. The molecule has 2 heterocycles. The fourth-order valence-corrected chi connectivity index (χ4v) is 2.34. The highest BCUT2D eigenvalue weighted by molar-refractivity contribution is 8.14. The Morgan fingerprint density at radius 1 is 1.41 bits per heavy atom. The van der Waals surface area contributed by atoms with Crippen molar-refractivity contribution >= 4 is 28.3 Å². The van der Waals surface area contributed by atoms with Crippen LogP contribution in [0.15, 0.2) is 14.7 Å². The lowest BCUT2D eigenvalue weighted by Gasteiger charge is -1.99. The van der Waals surface area contributed by atoms with Crippen LogP contribution in [0.3, 0.4) is 0 Å². The minimum atomic E-state index is 0.142. The van der Waals surface area contributed by atoms with Crippen LogP contribution >= 0.6 is 11.8 Å². The molecule has 0 aliphatic carbocycles. The first-order valence-electron chi connectivity index (χ1n) is 5.27. The van der Waals surface area contributed by atoms with Crippen molar-refractivity contribution in [2.24, 2.45) is 10.2 Å². The first-order chi connectivity index (χ1) is 8.08. The van der Waals surface area contributed by atoms with Crippen molar-refractivity contribution in [1.82, 2.24) is 5.16 Å². The number of carbonyl (C=O) groups excluding carboxylic acids is 1. The van der Waals surface area contributed by atoms with Crippen molar-refractivity contribution in [2.45, 2.75) is 27.2 Å². The lowest BCUT2D eigenvalue weighted by atomic mass is 10.1. The third-order valence-electron chi connectivity index (χ3n) is 2.36. The predicted octanol–water partition coefficient (Wildman–Crippen LogP) is 2.12. The molecule has 0 saturated heterocycles. The van der Waals surface area contributed by atoms with Gasteiger partial charge in [0.05, 0.1) is 22.7 Å². The summed E-state index contributed by atoms with van der Waals surface area (Å²) in [5, 5.41) is 13.0. The van der Waals surface area contributed by atoms with Crippen LogP contribution in [0.1, 0.15) is 30.4 Å². The molecule has 0 unspecified atom stereocenters. The van der Waals surface area contributed by atoms with Gasteiger partial charge < -0.3 is 4.52 Å². The fourth-order valence-electron chi connectivity index (χ4n) is 1.63. The van der Waals surface area contributed by atoms with E-state index in [1.165, 1.54) is 11.8 Å². The minimum absolute atomic E-state index is 0.142. The average molecular weight is 251 g/mol. The van der Waals surface area contributed by atoms with Gasteiger partial charge in [-0.25, -0.2) is 0 Å². The van der Waals surface area contributed by atoms with E-state index in [4.69, 9.17) is 4.52 Å². The van der Waals surface area contributed by atoms with Gasteiger partial charge >= 0.3 is 0 Å².